The van der Waals surface area contributed by atoms with E-state index in [2.05, 4.69) is 5.73 Å². The van der Waals surface area contributed by atoms with Crippen molar-refractivity contribution in [3.8, 4) is 0 Å². The first-order chi connectivity index (χ1) is 4.27. The van der Waals surface area contributed by atoms with E-state index in [1.807, 2.05) is 0 Å². The van der Waals surface area contributed by atoms with Gasteiger partial charge in [-0.1, -0.05) is 0 Å². The summed E-state index contributed by atoms with van der Waals surface area (Å²) in [5, 5.41) is 7.60. The Morgan fingerprint density at radius 3 is 1.70 bits per heavy atom. The Balaban J connectivity index is 0. The van der Waals surface area contributed by atoms with Gasteiger partial charge in [-0.05, 0) is 0 Å². The molecule has 0 heterocycles. The van der Waals surface area contributed by atoms with Crippen LogP contribution >= 0.6 is 0 Å². The van der Waals surface area contributed by atoms with Crippen molar-refractivity contribution in [1.29, 1.82) is 0 Å². The number of aliphatic carboxylic acids is 1. The van der Waals surface area contributed by atoms with Gasteiger partial charge in [-0.2, -0.15) is 8.42 Å². The lowest BCUT2D eigenvalue weighted by Gasteiger charge is -1.73. The number of nitrogens with two attached hydrogens (primary N) is 1. The Morgan fingerprint density at radius 1 is 1.60 bits per heavy atom. The van der Waals surface area contributed by atoms with E-state index < -0.39 is 16.1 Å². The predicted molar refractivity (Wildman–Crippen MR) is 34.2 cm³/mol. The molecule has 4 N–H and O–H groups in total. The van der Waals surface area contributed by atoms with Gasteiger partial charge >= 0.3 is 5.97 Å². The zero-order valence-electron chi connectivity index (χ0n) is 5.31. The van der Waals surface area contributed by atoms with Crippen LogP contribution in [0.25, 0.3) is 0 Å². The maximum Gasteiger partial charge on any atom is 0.317 e. The van der Waals surface area contributed by atoms with Gasteiger partial charge in [-0.25, -0.2) is 0 Å². The third-order valence-electron chi connectivity index (χ3n) is 0.175. The number of carboxylic acid groups (broad SMARTS) is 1. The molecule has 7 heteroatoms. The van der Waals surface area contributed by atoms with Gasteiger partial charge in [0, 0.05) is 0 Å². The quantitative estimate of drug-likeness (QED) is 0.415. The fourth-order valence-electron chi connectivity index (χ4n) is 0. The summed E-state index contributed by atoms with van der Waals surface area (Å²) >= 11 is 0. The molecule has 0 spiro atoms. The second-order valence-electron chi connectivity index (χ2n) is 1.33. The minimum atomic E-state index is -3.67. The van der Waals surface area contributed by atoms with Crippen LogP contribution in [0.1, 0.15) is 0 Å². The molecule has 0 aliphatic heterocycles. The summed E-state index contributed by atoms with van der Waals surface area (Å²) in [4.78, 5) is 9.24. The third-order valence-corrected chi connectivity index (χ3v) is 0.175. The second kappa shape index (κ2) is 5.15. The van der Waals surface area contributed by atoms with Crippen LogP contribution in [0, 0.1) is 0 Å². The monoisotopic (exact) mass is 171 g/mol. The fraction of sp³-hybridized carbons (Fsp3) is 0.667. The van der Waals surface area contributed by atoms with E-state index in [0.717, 1.165) is 0 Å². The van der Waals surface area contributed by atoms with Gasteiger partial charge in [0.1, 0.15) is 0 Å². The molecule has 0 amide bonds. The lowest BCUT2D eigenvalue weighted by Crippen LogP contribution is -2.10. The molecule has 6 nitrogen and oxygen atoms in total. The number of rotatable bonds is 1. The van der Waals surface area contributed by atoms with Crippen LogP contribution in [-0.2, 0) is 14.9 Å². The van der Waals surface area contributed by atoms with Crippen LogP contribution in [0.4, 0.5) is 0 Å². The van der Waals surface area contributed by atoms with E-state index >= 15 is 0 Å². The first-order valence-electron chi connectivity index (χ1n) is 2.11. The zero-order chi connectivity index (χ0) is 8.78. The summed E-state index contributed by atoms with van der Waals surface area (Å²) in [5.74, 6) is -0.968. The predicted octanol–water partition coefficient (Wildman–Crippen LogP) is -1.47. The van der Waals surface area contributed by atoms with Crippen molar-refractivity contribution < 1.29 is 22.9 Å². The summed E-state index contributed by atoms with van der Waals surface area (Å²) in [7, 11) is -3.67. The van der Waals surface area contributed by atoms with Crippen LogP contribution in [-0.4, -0.2) is 36.8 Å². The molecular weight excluding hydrogens is 162 g/mol. The number of carboxylic acids is 1. The Bertz CT molecular complexity index is 175. The molecule has 0 aromatic rings. The van der Waals surface area contributed by atoms with Crippen molar-refractivity contribution in [2.24, 2.45) is 5.73 Å². The molecule has 62 valence electrons. The van der Waals surface area contributed by atoms with Gasteiger partial charge in [-0.15, -0.1) is 0 Å². The van der Waals surface area contributed by atoms with Gasteiger partial charge in [0.25, 0.3) is 10.1 Å². The summed E-state index contributed by atoms with van der Waals surface area (Å²) in [6.07, 6.45) is 0.715. The molecule has 0 aliphatic carbocycles. The topological polar surface area (TPSA) is 118 Å². The highest BCUT2D eigenvalue weighted by Gasteiger charge is 1.81. The summed E-state index contributed by atoms with van der Waals surface area (Å²) in [5.41, 5.74) is 4.57. The molecule has 0 radical (unpaired) electrons. The average molecular weight is 171 g/mol. The summed E-state index contributed by atoms with van der Waals surface area (Å²) < 4.78 is 25.9. The van der Waals surface area contributed by atoms with Gasteiger partial charge in [0.05, 0.1) is 12.8 Å². The molecule has 0 atom stereocenters. The van der Waals surface area contributed by atoms with Crippen molar-refractivity contribution in [2.45, 2.75) is 0 Å². The van der Waals surface area contributed by atoms with Gasteiger partial charge in [0.15, 0.2) is 0 Å². The highest BCUT2D eigenvalue weighted by Crippen LogP contribution is 1.60. The van der Waals surface area contributed by atoms with Crippen LogP contribution in [0.3, 0.4) is 0 Å². The lowest BCUT2D eigenvalue weighted by molar-refractivity contribution is -0.135. The summed E-state index contributed by atoms with van der Waals surface area (Å²) in [6.45, 7) is -0.278. The van der Waals surface area contributed by atoms with Crippen molar-refractivity contribution in [3.63, 3.8) is 0 Å². The standard InChI is InChI=1S/C2H5NO2.CH4O3S/c3-1-2(4)5;1-5(2,3)4/h1,3H2,(H,4,5);1H3,(H,2,3,4). The maximum atomic E-state index is 9.24. The zero-order valence-corrected chi connectivity index (χ0v) is 6.13. The van der Waals surface area contributed by atoms with E-state index in [0.29, 0.717) is 6.26 Å². The minimum Gasteiger partial charge on any atom is -0.480 e. The van der Waals surface area contributed by atoms with Crippen molar-refractivity contribution in [3.05, 3.63) is 0 Å². The Kier molecular flexibility index (Phi) is 6.21. The van der Waals surface area contributed by atoms with Gasteiger partial charge < -0.3 is 10.8 Å². The van der Waals surface area contributed by atoms with E-state index in [9.17, 15) is 13.2 Å². The number of hydrogen-bond acceptors (Lipinski definition) is 4. The molecule has 0 fully saturated rings. The molecule has 0 aromatic heterocycles. The third kappa shape index (κ3) is 164. The second-order valence-corrected chi connectivity index (χ2v) is 2.80. The van der Waals surface area contributed by atoms with Crippen molar-refractivity contribution in [2.75, 3.05) is 12.8 Å². The average Bonchev–Trinajstić information content (AvgIpc) is 1.61. The van der Waals surface area contributed by atoms with E-state index in [4.69, 9.17) is 9.66 Å². The van der Waals surface area contributed by atoms with Crippen LogP contribution in [0.15, 0.2) is 0 Å². The van der Waals surface area contributed by atoms with Gasteiger partial charge in [-0.3, -0.25) is 9.35 Å². The van der Waals surface area contributed by atoms with Crippen molar-refractivity contribution >= 4 is 16.1 Å². The highest BCUT2D eigenvalue weighted by molar-refractivity contribution is 7.85. The first kappa shape index (κ1) is 12.1. The van der Waals surface area contributed by atoms with E-state index in [-0.39, 0.29) is 6.54 Å². The van der Waals surface area contributed by atoms with Crippen LogP contribution in [0.5, 0.6) is 0 Å². The van der Waals surface area contributed by atoms with E-state index in [1.165, 1.54) is 0 Å². The smallest absolute Gasteiger partial charge is 0.317 e. The molecule has 0 rings (SSSR count). The molecular formula is C3H9NO5S. The SMILES string of the molecule is CS(=O)(=O)O.NCC(=O)O. The number of carbonyl (C=O) groups is 1. The Morgan fingerprint density at radius 2 is 1.70 bits per heavy atom. The molecule has 0 aliphatic rings. The largest absolute Gasteiger partial charge is 0.480 e. The molecule has 0 unspecified atom stereocenters. The maximum absolute atomic E-state index is 9.24. The normalized spacial score (nSPS) is 9.50. The minimum absolute atomic E-state index is 0.278. The Labute approximate surface area is 58.4 Å². The van der Waals surface area contributed by atoms with Gasteiger partial charge in [0.2, 0.25) is 0 Å². The molecule has 0 saturated heterocycles. The van der Waals surface area contributed by atoms with Crippen LogP contribution < -0.4 is 5.73 Å². The first-order valence-corrected chi connectivity index (χ1v) is 3.96. The molecule has 0 saturated carbocycles. The van der Waals surface area contributed by atoms with Crippen LogP contribution in [0.2, 0.25) is 0 Å². The number of hydrogen-bond donors (Lipinski definition) is 3. The van der Waals surface area contributed by atoms with E-state index in [1.54, 1.807) is 0 Å². The summed E-state index contributed by atoms with van der Waals surface area (Å²) in [6, 6.07) is 0. The molecule has 10 heavy (non-hydrogen) atoms. The Hall–Kier alpha value is -0.660. The highest BCUT2D eigenvalue weighted by atomic mass is 32.2. The van der Waals surface area contributed by atoms with Crippen molar-refractivity contribution in [1.82, 2.24) is 0 Å². The fourth-order valence-corrected chi connectivity index (χ4v) is 0. The molecule has 0 aromatic carbocycles. The lowest BCUT2D eigenvalue weighted by atomic mass is 10.7. The molecule has 0 bridgehead atoms.